The number of imide groups is 1. The van der Waals surface area contributed by atoms with E-state index in [0.29, 0.717) is 23.3 Å². The standard InChI is InChI=1S/C33H30N2O4/c1-19-7-11-22(12-8-19)39-23-13-9-21(10-14-23)34-31(36)28(17-20-5-3-2-4-6-20)35-32(37)29-24-15-16-25(27-18-26(24)27)30(29)33(35)38/h2-16,24-30H,17-18H2,1H3,(H,34,36)/t24-,25-,26-,27+,28+,29+,30-/m1/s1. The molecule has 6 heteroatoms. The molecule has 2 saturated carbocycles. The van der Waals surface area contributed by atoms with Crippen LogP contribution in [0.3, 0.4) is 0 Å². The summed E-state index contributed by atoms with van der Waals surface area (Å²) < 4.78 is 5.91. The van der Waals surface area contributed by atoms with Crippen molar-refractivity contribution >= 4 is 23.4 Å². The second-order valence-corrected chi connectivity index (χ2v) is 11.3. The Kier molecular flexibility index (Phi) is 5.65. The Morgan fingerprint density at radius 2 is 1.41 bits per heavy atom. The summed E-state index contributed by atoms with van der Waals surface area (Å²) in [5, 5.41) is 2.96. The summed E-state index contributed by atoms with van der Waals surface area (Å²) in [6.45, 7) is 2.02. The van der Waals surface area contributed by atoms with Crippen LogP contribution in [0.1, 0.15) is 17.5 Å². The van der Waals surface area contributed by atoms with Gasteiger partial charge in [-0.3, -0.25) is 19.3 Å². The van der Waals surface area contributed by atoms with Gasteiger partial charge < -0.3 is 10.1 Å². The van der Waals surface area contributed by atoms with Crippen molar-refractivity contribution in [2.75, 3.05) is 5.32 Å². The number of rotatable bonds is 7. The van der Waals surface area contributed by atoms with Crippen molar-refractivity contribution in [3.8, 4) is 11.5 Å². The number of hydrogen-bond donors (Lipinski definition) is 1. The monoisotopic (exact) mass is 518 g/mol. The maximum atomic E-state index is 13.8. The molecular weight excluding hydrogens is 488 g/mol. The van der Waals surface area contributed by atoms with Crippen LogP contribution in [-0.4, -0.2) is 28.7 Å². The average molecular weight is 519 g/mol. The predicted molar refractivity (Wildman–Crippen MR) is 147 cm³/mol. The maximum absolute atomic E-state index is 13.8. The van der Waals surface area contributed by atoms with Gasteiger partial charge >= 0.3 is 0 Å². The van der Waals surface area contributed by atoms with Gasteiger partial charge in [0.1, 0.15) is 17.5 Å². The maximum Gasteiger partial charge on any atom is 0.248 e. The van der Waals surface area contributed by atoms with Gasteiger partial charge in [0, 0.05) is 12.1 Å². The minimum atomic E-state index is -0.919. The highest BCUT2D eigenvalue weighted by atomic mass is 16.5. The number of anilines is 1. The molecule has 3 aromatic carbocycles. The van der Waals surface area contributed by atoms with E-state index in [2.05, 4.69) is 17.5 Å². The Morgan fingerprint density at radius 1 is 0.846 bits per heavy atom. The van der Waals surface area contributed by atoms with Crippen molar-refractivity contribution in [1.29, 1.82) is 0 Å². The first-order valence-corrected chi connectivity index (χ1v) is 13.7. The first kappa shape index (κ1) is 23.9. The third kappa shape index (κ3) is 4.15. The van der Waals surface area contributed by atoms with Gasteiger partial charge in [0.15, 0.2) is 0 Å². The summed E-state index contributed by atoms with van der Waals surface area (Å²) in [6, 6.07) is 23.6. The van der Waals surface area contributed by atoms with E-state index >= 15 is 0 Å². The van der Waals surface area contributed by atoms with Crippen molar-refractivity contribution in [3.05, 3.63) is 102 Å². The van der Waals surface area contributed by atoms with Gasteiger partial charge in [-0.2, -0.15) is 0 Å². The molecule has 0 aromatic heterocycles. The van der Waals surface area contributed by atoms with E-state index in [-0.39, 0.29) is 47.8 Å². The third-order valence-corrected chi connectivity index (χ3v) is 8.96. The third-order valence-electron chi connectivity index (χ3n) is 8.96. The molecule has 3 amide bonds. The van der Waals surface area contributed by atoms with Crippen molar-refractivity contribution in [2.45, 2.75) is 25.8 Å². The number of nitrogens with one attached hydrogen (secondary N) is 1. The van der Waals surface area contributed by atoms with Gasteiger partial charge in [0.25, 0.3) is 0 Å². The van der Waals surface area contributed by atoms with Crippen molar-refractivity contribution < 1.29 is 19.1 Å². The number of amides is 3. The topological polar surface area (TPSA) is 75.7 Å². The van der Waals surface area contributed by atoms with Gasteiger partial charge in [-0.25, -0.2) is 0 Å². The Morgan fingerprint density at radius 3 is 2.00 bits per heavy atom. The van der Waals surface area contributed by atoms with Crippen LogP contribution in [0.2, 0.25) is 0 Å². The Labute approximate surface area is 227 Å². The highest BCUT2D eigenvalue weighted by molar-refractivity contribution is 6.10. The fraction of sp³-hybridized carbons (Fsp3) is 0.303. The Hall–Kier alpha value is -4.19. The minimum absolute atomic E-state index is 0.118. The zero-order chi connectivity index (χ0) is 26.7. The van der Waals surface area contributed by atoms with E-state index < -0.39 is 6.04 Å². The molecule has 0 spiro atoms. The molecule has 1 heterocycles. The van der Waals surface area contributed by atoms with E-state index in [1.807, 2.05) is 61.5 Å². The lowest BCUT2D eigenvalue weighted by Gasteiger charge is -2.37. The van der Waals surface area contributed by atoms with Gasteiger partial charge in [-0.1, -0.05) is 60.2 Å². The largest absolute Gasteiger partial charge is 0.457 e. The predicted octanol–water partition coefficient (Wildman–Crippen LogP) is 5.39. The number of nitrogens with zero attached hydrogens (tertiary/aromatic N) is 1. The molecule has 5 aliphatic rings. The molecule has 1 N–H and O–H groups in total. The Balaban J connectivity index is 1.12. The van der Waals surface area contributed by atoms with Crippen LogP contribution in [0.25, 0.3) is 0 Å². The Bertz CT molecular complexity index is 1430. The lowest BCUT2D eigenvalue weighted by Crippen LogP contribution is -2.49. The molecule has 0 radical (unpaired) electrons. The highest BCUT2D eigenvalue weighted by Gasteiger charge is 2.67. The molecule has 3 aromatic rings. The molecule has 1 saturated heterocycles. The number of likely N-dealkylation sites (tertiary alicyclic amines) is 1. The van der Waals surface area contributed by atoms with Crippen molar-refractivity contribution in [2.24, 2.45) is 35.5 Å². The first-order valence-electron chi connectivity index (χ1n) is 13.7. The molecule has 8 rings (SSSR count). The minimum Gasteiger partial charge on any atom is -0.457 e. The molecule has 1 aliphatic heterocycles. The van der Waals surface area contributed by atoms with Gasteiger partial charge in [-0.05, 0) is 79.0 Å². The van der Waals surface area contributed by atoms with Gasteiger partial charge in [-0.15, -0.1) is 0 Å². The highest BCUT2D eigenvalue weighted by Crippen LogP contribution is 2.65. The van der Waals surface area contributed by atoms with Gasteiger partial charge in [0.05, 0.1) is 11.8 Å². The van der Waals surface area contributed by atoms with Crippen LogP contribution in [-0.2, 0) is 20.8 Å². The smallest absolute Gasteiger partial charge is 0.248 e. The van der Waals surface area contributed by atoms with Crippen LogP contribution in [0.15, 0.2) is 91.0 Å². The van der Waals surface area contributed by atoms with Crippen LogP contribution < -0.4 is 10.1 Å². The summed E-state index contributed by atoms with van der Waals surface area (Å²) in [5.74, 6) is 1.24. The van der Waals surface area contributed by atoms with Crippen molar-refractivity contribution in [1.82, 2.24) is 4.90 Å². The molecule has 3 fully saturated rings. The number of hydrogen-bond acceptors (Lipinski definition) is 4. The number of carbonyl (C=O) groups excluding carboxylic acids is 3. The number of ether oxygens (including phenoxy) is 1. The fourth-order valence-electron chi connectivity index (χ4n) is 7.00. The summed E-state index contributed by atoms with van der Waals surface area (Å²) in [6.07, 6.45) is 5.68. The number of allylic oxidation sites excluding steroid dienone is 2. The lowest BCUT2D eigenvalue weighted by molar-refractivity contribution is -0.146. The molecular formula is C33H30N2O4. The number of benzene rings is 3. The molecule has 6 nitrogen and oxygen atoms in total. The van der Waals surface area contributed by atoms with E-state index in [1.165, 1.54) is 4.90 Å². The summed E-state index contributed by atoms with van der Waals surface area (Å²) in [7, 11) is 0. The second kappa shape index (κ2) is 9.23. The SMILES string of the molecule is Cc1ccc(Oc2ccc(NC(=O)[C@H](Cc3ccccc3)N3C(=O)[C@@H]4[C@@H]5C=C[C@H]([C@H]6C[C@@H]56)[C@@H]4C3=O)cc2)cc1. The summed E-state index contributed by atoms with van der Waals surface area (Å²) in [4.78, 5) is 42.7. The summed E-state index contributed by atoms with van der Waals surface area (Å²) in [5.41, 5.74) is 2.63. The van der Waals surface area contributed by atoms with Crippen LogP contribution >= 0.6 is 0 Å². The molecule has 7 atom stereocenters. The number of aryl methyl sites for hydroxylation is 1. The van der Waals surface area contributed by atoms with Crippen molar-refractivity contribution in [3.63, 3.8) is 0 Å². The lowest BCUT2D eigenvalue weighted by atomic mass is 9.63. The molecule has 2 bridgehead atoms. The van der Waals surface area contributed by atoms with Gasteiger partial charge in [0.2, 0.25) is 17.7 Å². The molecule has 0 unspecified atom stereocenters. The molecule has 196 valence electrons. The first-order chi connectivity index (χ1) is 19.0. The number of carbonyl (C=O) groups is 3. The average Bonchev–Trinajstić information content (AvgIpc) is 3.73. The normalized spacial score (nSPS) is 28.6. The van der Waals surface area contributed by atoms with E-state index in [1.54, 1.807) is 24.3 Å². The van der Waals surface area contributed by atoms with Crippen LogP contribution in [0.4, 0.5) is 5.69 Å². The fourth-order valence-corrected chi connectivity index (χ4v) is 7.00. The quantitative estimate of drug-likeness (QED) is 0.336. The van der Waals surface area contributed by atoms with E-state index in [0.717, 1.165) is 23.3 Å². The van der Waals surface area contributed by atoms with Crippen LogP contribution in [0, 0.1) is 42.4 Å². The second-order valence-electron chi connectivity index (χ2n) is 11.3. The van der Waals surface area contributed by atoms with Crippen LogP contribution in [0.5, 0.6) is 11.5 Å². The molecule has 39 heavy (non-hydrogen) atoms. The summed E-state index contributed by atoms with van der Waals surface area (Å²) >= 11 is 0. The van der Waals surface area contributed by atoms with E-state index in [4.69, 9.17) is 4.74 Å². The van der Waals surface area contributed by atoms with E-state index in [9.17, 15) is 14.4 Å². The zero-order valence-electron chi connectivity index (χ0n) is 21.7. The zero-order valence-corrected chi connectivity index (χ0v) is 21.7. The molecule has 4 aliphatic carbocycles.